The summed E-state index contributed by atoms with van der Waals surface area (Å²) in [4.78, 5) is 21.7. The van der Waals surface area contributed by atoms with Crippen molar-refractivity contribution in [1.82, 2.24) is 5.43 Å². The molecule has 0 aliphatic rings. The molecule has 0 atom stereocenters. The predicted octanol–water partition coefficient (Wildman–Crippen LogP) is 1.30. The number of halogens is 1. The van der Waals surface area contributed by atoms with Crippen molar-refractivity contribution in [3.05, 3.63) is 29.3 Å². The summed E-state index contributed by atoms with van der Waals surface area (Å²) in [6.45, 7) is 0.956. The van der Waals surface area contributed by atoms with Gasteiger partial charge in [-0.1, -0.05) is 23.7 Å². The van der Waals surface area contributed by atoms with E-state index in [0.29, 0.717) is 10.8 Å². The lowest BCUT2D eigenvalue weighted by Gasteiger charge is -2.06. The van der Waals surface area contributed by atoms with Crippen LogP contribution in [0.1, 0.15) is 6.92 Å². The zero-order valence-corrected chi connectivity index (χ0v) is 10.3. The molecule has 6 nitrogen and oxygen atoms in total. The Morgan fingerprint density at radius 3 is 2.72 bits per heavy atom. The molecule has 1 amide bonds. The summed E-state index contributed by atoms with van der Waals surface area (Å²) < 4.78 is 5.13. The number of amides is 1. The van der Waals surface area contributed by atoms with Crippen molar-refractivity contribution in [2.45, 2.75) is 6.92 Å². The van der Waals surface area contributed by atoms with Crippen LogP contribution in [-0.2, 0) is 9.59 Å². The first-order valence-corrected chi connectivity index (χ1v) is 5.32. The summed E-state index contributed by atoms with van der Waals surface area (Å²) in [5.74, 6) is -1.41. The van der Waals surface area contributed by atoms with Crippen molar-refractivity contribution in [3.8, 4) is 5.75 Å². The minimum atomic E-state index is -1.21. The maximum absolute atomic E-state index is 11.3. The summed E-state index contributed by atoms with van der Waals surface area (Å²) >= 11 is 5.81. The van der Waals surface area contributed by atoms with Crippen molar-refractivity contribution in [3.63, 3.8) is 0 Å². The third-order valence-corrected chi connectivity index (χ3v) is 2.17. The molecular formula is C11H11ClN2O4. The number of carboxylic acid groups (broad SMARTS) is 1. The highest BCUT2D eigenvalue weighted by Crippen LogP contribution is 2.22. The monoisotopic (exact) mass is 270 g/mol. The fraction of sp³-hybridized carbons (Fsp3) is 0.182. The Labute approximate surface area is 108 Å². The molecule has 0 saturated heterocycles. The zero-order chi connectivity index (χ0) is 13.5. The quantitative estimate of drug-likeness (QED) is 0.623. The number of para-hydroxylation sites is 1. The van der Waals surface area contributed by atoms with Gasteiger partial charge in [-0.2, -0.15) is 5.10 Å². The molecule has 0 aliphatic carbocycles. The van der Waals surface area contributed by atoms with E-state index >= 15 is 0 Å². The molecule has 2 N–H and O–H groups in total. The lowest BCUT2D eigenvalue weighted by Crippen LogP contribution is -2.26. The molecule has 96 valence electrons. The predicted molar refractivity (Wildman–Crippen MR) is 65.8 cm³/mol. The number of aliphatic carboxylic acids is 1. The van der Waals surface area contributed by atoms with Gasteiger partial charge in [0.2, 0.25) is 0 Å². The van der Waals surface area contributed by atoms with Crippen molar-refractivity contribution in [2.24, 2.45) is 5.10 Å². The van der Waals surface area contributed by atoms with Crippen molar-refractivity contribution in [2.75, 3.05) is 6.61 Å². The van der Waals surface area contributed by atoms with E-state index in [-0.39, 0.29) is 12.3 Å². The summed E-state index contributed by atoms with van der Waals surface area (Å²) in [7, 11) is 0. The molecule has 0 aliphatic heterocycles. The van der Waals surface area contributed by atoms with Crippen LogP contribution in [0, 0.1) is 0 Å². The van der Waals surface area contributed by atoms with Crippen LogP contribution in [0.15, 0.2) is 29.4 Å². The maximum Gasteiger partial charge on any atom is 0.351 e. The van der Waals surface area contributed by atoms with Crippen LogP contribution in [0.25, 0.3) is 0 Å². The Hall–Kier alpha value is -2.08. The zero-order valence-electron chi connectivity index (χ0n) is 9.51. The highest BCUT2D eigenvalue weighted by Gasteiger charge is 2.06. The summed E-state index contributed by atoms with van der Waals surface area (Å²) in [5.41, 5.74) is 1.83. The van der Waals surface area contributed by atoms with E-state index in [9.17, 15) is 9.59 Å². The van der Waals surface area contributed by atoms with Gasteiger partial charge in [0.15, 0.2) is 6.61 Å². The second kappa shape index (κ2) is 6.61. The fourth-order valence-corrected chi connectivity index (χ4v) is 1.12. The molecule has 0 saturated carbocycles. The van der Waals surface area contributed by atoms with Crippen molar-refractivity contribution in [1.29, 1.82) is 0 Å². The van der Waals surface area contributed by atoms with Gasteiger partial charge in [0.25, 0.3) is 5.91 Å². The molecular weight excluding hydrogens is 260 g/mol. The van der Waals surface area contributed by atoms with E-state index in [1.54, 1.807) is 24.3 Å². The standard InChI is InChI=1S/C11H11ClN2O4/c1-7(11(16)17)13-14-10(15)6-18-9-5-3-2-4-8(9)12/h2-5H,6H2,1H3,(H,14,15)(H,16,17)/b13-7+. The molecule has 0 radical (unpaired) electrons. The highest BCUT2D eigenvalue weighted by molar-refractivity contribution is 6.34. The molecule has 0 heterocycles. The third-order valence-electron chi connectivity index (χ3n) is 1.85. The minimum Gasteiger partial charge on any atom is -0.482 e. The van der Waals surface area contributed by atoms with Gasteiger partial charge in [0.1, 0.15) is 11.5 Å². The van der Waals surface area contributed by atoms with Crippen LogP contribution in [0.5, 0.6) is 5.75 Å². The van der Waals surface area contributed by atoms with Gasteiger partial charge in [-0.25, -0.2) is 10.2 Å². The average Bonchev–Trinajstić information content (AvgIpc) is 2.34. The molecule has 1 rings (SSSR count). The summed E-state index contributed by atoms with van der Waals surface area (Å²) in [5, 5.41) is 12.3. The van der Waals surface area contributed by atoms with Crippen molar-refractivity contribution < 1.29 is 19.4 Å². The van der Waals surface area contributed by atoms with Gasteiger partial charge in [-0.15, -0.1) is 0 Å². The van der Waals surface area contributed by atoms with Crippen LogP contribution >= 0.6 is 11.6 Å². The first-order valence-electron chi connectivity index (χ1n) is 4.94. The van der Waals surface area contributed by atoms with Crippen LogP contribution in [0.2, 0.25) is 5.02 Å². The Morgan fingerprint density at radius 1 is 1.44 bits per heavy atom. The number of nitrogens with one attached hydrogen (secondary N) is 1. The minimum absolute atomic E-state index is 0.221. The topological polar surface area (TPSA) is 88.0 Å². The van der Waals surface area contributed by atoms with Crippen LogP contribution in [-0.4, -0.2) is 29.3 Å². The van der Waals surface area contributed by atoms with Gasteiger partial charge in [0.05, 0.1) is 5.02 Å². The number of ether oxygens (including phenoxy) is 1. The van der Waals surface area contributed by atoms with Crippen LogP contribution in [0.3, 0.4) is 0 Å². The van der Waals surface area contributed by atoms with Gasteiger partial charge in [-0.3, -0.25) is 4.79 Å². The lowest BCUT2D eigenvalue weighted by atomic mass is 10.3. The molecule has 7 heteroatoms. The number of nitrogens with zero attached hydrogens (tertiary/aromatic N) is 1. The van der Waals surface area contributed by atoms with Crippen molar-refractivity contribution >= 4 is 29.2 Å². The fourth-order valence-electron chi connectivity index (χ4n) is 0.931. The van der Waals surface area contributed by atoms with E-state index in [2.05, 4.69) is 10.5 Å². The largest absolute Gasteiger partial charge is 0.482 e. The van der Waals surface area contributed by atoms with E-state index in [1.165, 1.54) is 6.92 Å². The summed E-state index contributed by atoms with van der Waals surface area (Å²) in [6.07, 6.45) is 0. The van der Waals surface area contributed by atoms with E-state index in [1.807, 2.05) is 0 Å². The van der Waals surface area contributed by atoms with E-state index in [0.717, 1.165) is 0 Å². The summed E-state index contributed by atoms with van der Waals surface area (Å²) in [6, 6.07) is 6.69. The SMILES string of the molecule is C/C(=N\NC(=O)COc1ccccc1Cl)C(=O)O. The van der Waals surface area contributed by atoms with E-state index in [4.69, 9.17) is 21.4 Å². The normalized spacial score (nSPS) is 10.9. The Kier molecular flexibility index (Phi) is 5.13. The van der Waals surface area contributed by atoms with Crippen LogP contribution in [0.4, 0.5) is 0 Å². The van der Waals surface area contributed by atoms with Crippen LogP contribution < -0.4 is 10.2 Å². The van der Waals surface area contributed by atoms with E-state index < -0.39 is 11.9 Å². The Balaban J connectivity index is 2.45. The number of carbonyl (C=O) groups excluding carboxylic acids is 1. The molecule has 0 unspecified atom stereocenters. The van der Waals surface area contributed by atoms with Gasteiger partial charge in [0, 0.05) is 0 Å². The molecule has 0 fully saturated rings. The number of hydrogen-bond donors (Lipinski definition) is 2. The number of hydrogen-bond acceptors (Lipinski definition) is 4. The molecule has 18 heavy (non-hydrogen) atoms. The number of benzene rings is 1. The molecule has 0 bridgehead atoms. The first-order chi connectivity index (χ1) is 8.50. The molecule has 0 aromatic heterocycles. The third kappa shape index (κ3) is 4.42. The maximum atomic E-state index is 11.3. The highest BCUT2D eigenvalue weighted by atomic mass is 35.5. The molecule has 1 aromatic rings. The second-order valence-electron chi connectivity index (χ2n) is 3.26. The number of hydrazone groups is 1. The van der Waals surface area contributed by atoms with Gasteiger partial charge in [-0.05, 0) is 19.1 Å². The molecule has 1 aromatic carbocycles. The average molecular weight is 271 g/mol. The number of carboxylic acids is 1. The Bertz CT molecular complexity index is 488. The van der Waals surface area contributed by atoms with Gasteiger partial charge < -0.3 is 9.84 Å². The lowest BCUT2D eigenvalue weighted by molar-refractivity contribution is -0.129. The second-order valence-corrected chi connectivity index (χ2v) is 3.66. The number of rotatable bonds is 5. The first kappa shape index (κ1) is 14.0. The number of carbonyl (C=O) groups is 2. The molecule has 0 spiro atoms. The van der Waals surface area contributed by atoms with Gasteiger partial charge >= 0.3 is 5.97 Å². The Morgan fingerprint density at radius 2 is 2.11 bits per heavy atom. The smallest absolute Gasteiger partial charge is 0.351 e.